The molecule has 0 unspecified atom stereocenters. The maximum Gasteiger partial charge on any atom is 0.0439 e. The molecule has 20 heavy (non-hydrogen) atoms. The van der Waals surface area contributed by atoms with Gasteiger partial charge in [-0.2, -0.15) is 0 Å². The maximum atomic E-state index is 5.98. The normalized spacial score (nSPS) is 10.7. The lowest BCUT2D eigenvalue weighted by molar-refractivity contribution is 1.09. The third-order valence-corrected chi connectivity index (χ3v) is 3.31. The van der Waals surface area contributed by atoms with E-state index < -0.39 is 0 Å². The van der Waals surface area contributed by atoms with Crippen molar-refractivity contribution in [2.45, 2.75) is 13.5 Å². The fourth-order valence-corrected chi connectivity index (χ4v) is 2.17. The number of nitrogens with one attached hydrogen (secondary N) is 1. The van der Waals surface area contributed by atoms with Gasteiger partial charge in [-0.3, -0.25) is 9.97 Å². The van der Waals surface area contributed by atoms with Crippen molar-refractivity contribution in [2.24, 2.45) is 0 Å². The predicted molar refractivity (Wildman–Crippen MR) is 82.5 cm³/mol. The Balaban J connectivity index is 1.88. The van der Waals surface area contributed by atoms with Crippen LogP contribution in [0.3, 0.4) is 0 Å². The van der Waals surface area contributed by atoms with Crippen LogP contribution in [0.25, 0.3) is 10.8 Å². The number of nitrogens with two attached hydrogens (primary N) is 1. The van der Waals surface area contributed by atoms with Gasteiger partial charge in [0.1, 0.15) is 0 Å². The third-order valence-electron chi connectivity index (χ3n) is 3.31. The number of hydrogen-bond acceptors (Lipinski definition) is 4. The van der Waals surface area contributed by atoms with Crippen LogP contribution in [-0.4, -0.2) is 9.97 Å². The predicted octanol–water partition coefficient (Wildman–Crippen LogP) is 3.13. The molecule has 0 saturated carbocycles. The first-order valence-corrected chi connectivity index (χ1v) is 6.51. The van der Waals surface area contributed by atoms with Gasteiger partial charge in [0, 0.05) is 53.0 Å². The minimum Gasteiger partial charge on any atom is -0.398 e. The highest BCUT2D eigenvalue weighted by atomic mass is 14.9. The van der Waals surface area contributed by atoms with Crippen molar-refractivity contribution in [1.82, 2.24) is 9.97 Å². The Morgan fingerprint density at radius 1 is 1.05 bits per heavy atom. The summed E-state index contributed by atoms with van der Waals surface area (Å²) >= 11 is 0. The first-order valence-electron chi connectivity index (χ1n) is 6.51. The van der Waals surface area contributed by atoms with Crippen LogP contribution in [-0.2, 0) is 6.54 Å². The second-order valence-corrected chi connectivity index (χ2v) is 4.78. The number of benzene rings is 1. The first-order chi connectivity index (χ1) is 9.74. The molecule has 2 aromatic heterocycles. The molecule has 0 aliphatic carbocycles. The quantitative estimate of drug-likeness (QED) is 0.713. The van der Waals surface area contributed by atoms with Crippen LogP contribution in [0.4, 0.5) is 11.4 Å². The molecule has 0 fully saturated rings. The van der Waals surface area contributed by atoms with Gasteiger partial charge >= 0.3 is 0 Å². The standard InChI is InChI=1S/C16H16N4/c1-11-2-3-12(8-19-11)9-20-16-5-4-15(17)13-6-7-18-10-14(13)16/h2-8,10,20H,9,17H2,1H3. The van der Waals surface area contributed by atoms with E-state index in [0.29, 0.717) is 0 Å². The average molecular weight is 264 g/mol. The fraction of sp³-hybridized carbons (Fsp3) is 0.125. The van der Waals surface area contributed by atoms with Crippen LogP contribution in [0.1, 0.15) is 11.3 Å². The largest absolute Gasteiger partial charge is 0.398 e. The average Bonchev–Trinajstić information content (AvgIpc) is 2.49. The summed E-state index contributed by atoms with van der Waals surface area (Å²) < 4.78 is 0. The summed E-state index contributed by atoms with van der Waals surface area (Å²) in [6.45, 7) is 2.71. The van der Waals surface area contributed by atoms with Crippen LogP contribution in [0.15, 0.2) is 48.9 Å². The number of nitrogen functional groups attached to an aromatic ring is 1. The molecule has 4 nitrogen and oxygen atoms in total. The number of nitrogens with zero attached hydrogens (tertiary/aromatic N) is 2. The molecule has 0 spiro atoms. The van der Waals surface area contributed by atoms with Crippen LogP contribution >= 0.6 is 0 Å². The van der Waals surface area contributed by atoms with E-state index in [0.717, 1.165) is 39.9 Å². The zero-order valence-corrected chi connectivity index (χ0v) is 11.3. The number of rotatable bonds is 3. The molecule has 0 atom stereocenters. The molecule has 3 N–H and O–H groups in total. The molecule has 1 aromatic carbocycles. The summed E-state index contributed by atoms with van der Waals surface area (Å²) in [4.78, 5) is 8.47. The summed E-state index contributed by atoms with van der Waals surface area (Å²) in [5, 5.41) is 5.47. The van der Waals surface area contributed by atoms with Gasteiger partial charge in [0.2, 0.25) is 0 Å². The van der Waals surface area contributed by atoms with Crippen LogP contribution in [0.2, 0.25) is 0 Å². The Hall–Kier alpha value is -2.62. The Labute approximate surface area is 117 Å². The minimum absolute atomic E-state index is 0.723. The molecular formula is C16H16N4. The van der Waals surface area contributed by atoms with Gasteiger partial charge in [0.05, 0.1) is 0 Å². The Bertz CT molecular complexity index is 735. The van der Waals surface area contributed by atoms with Crippen molar-refractivity contribution >= 4 is 22.1 Å². The van der Waals surface area contributed by atoms with E-state index in [1.165, 1.54) is 0 Å². The smallest absolute Gasteiger partial charge is 0.0439 e. The zero-order valence-electron chi connectivity index (χ0n) is 11.3. The molecule has 0 aliphatic heterocycles. The molecule has 100 valence electrons. The molecule has 0 radical (unpaired) electrons. The molecule has 3 aromatic rings. The second kappa shape index (κ2) is 5.17. The van der Waals surface area contributed by atoms with Crippen molar-refractivity contribution in [1.29, 1.82) is 0 Å². The first kappa shape index (κ1) is 12.4. The number of aryl methyl sites for hydroxylation is 1. The van der Waals surface area contributed by atoms with Gasteiger partial charge in [-0.25, -0.2) is 0 Å². The summed E-state index contributed by atoms with van der Waals surface area (Å²) in [5.41, 5.74) is 9.95. The molecule has 2 heterocycles. The molecular weight excluding hydrogens is 248 g/mol. The van der Waals surface area contributed by atoms with E-state index in [1.807, 2.05) is 43.6 Å². The fourth-order valence-electron chi connectivity index (χ4n) is 2.17. The SMILES string of the molecule is Cc1ccc(CNc2ccc(N)c3ccncc23)cn1. The molecule has 4 heteroatoms. The number of fused-ring (bicyclic) bond motifs is 1. The van der Waals surface area contributed by atoms with Crippen molar-refractivity contribution in [3.8, 4) is 0 Å². The highest BCUT2D eigenvalue weighted by Crippen LogP contribution is 2.27. The van der Waals surface area contributed by atoms with Gasteiger partial charge in [-0.1, -0.05) is 6.07 Å². The van der Waals surface area contributed by atoms with Crippen molar-refractivity contribution in [3.05, 3.63) is 60.2 Å². The van der Waals surface area contributed by atoms with Crippen molar-refractivity contribution in [2.75, 3.05) is 11.1 Å². The van der Waals surface area contributed by atoms with E-state index in [4.69, 9.17) is 5.73 Å². The number of hydrogen-bond donors (Lipinski definition) is 2. The Kier molecular flexibility index (Phi) is 3.21. The Morgan fingerprint density at radius 2 is 1.95 bits per heavy atom. The Morgan fingerprint density at radius 3 is 2.75 bits per heavy atom. The topological polar surface area (TPSA) is 63.8 Å². The number of anilines is 2. The van der Waals surface area contributed by atoms with Crippen LogP contribution < -0.4 is 11.1 Å². The summed E-state index contributed by atoms with van der Waals surface area (Å²) in [5.74, 6) is 0. The second-order valence-electron chi connectivity index (χ2n) is 4.78. The molecule has 3 rings (SSSR count). The highest BCUT2D eigenvalue weighted by Gasteiger charge is 2.04. The van der Waals surface area contributed by atoms with Gasteiger partial charge in [0.15, 0.2) is 0 Å². The maximum absolute atomic E-state index is 5.98. The lowest BCUT2D eigenvalue weighted by Crippen LogP contribution is -2.01. The zero-order chi connectivity index (χ0) is 13.9. The molecule has 0 aliphatic rings. The van der Waals surface area contributed by atoms with E-state index in [2.05, 4.69) is 21.4 Å². The molecule has 0 bridgehead atoms. The minimum atomic E-state index is 0.723. The molecule has 0 amide bonds. The lowest BCUT2D eigenvalue weighted by Gasteiger charge is -2.11. The third kappa shape index (κ3) is 2.40. The number of pyridine rings is 2. The van der Waals surface area contributed by atoms with E-state index in [-0.39, 0.29) is 0 Å². The van der Waals surface area contributed by atoms with Crippen molar-refractivity contribution < 1.29 is 0 Å². The van der Waals surface area contributed by atoms with Gasteiger partial charge in [-0.15, -0.1) is 0 Å². The summed E-state index contributed by atoms with van der Waals surface area (Å²) in [7, 11) is 0. The molecule has 0 saturated heterocycles. The number of aromatic nitrogens is 2. The summed E-state index contributed by atoms with van der Waals surface area (Å²) in [6.07, 6.45) is 5.48. The van der Waals surface area contributed by atoms with E-state index in [1.54, 1.807) is 6.20 Å². The monoisotopic (exact) mass is 264 g/mol. The lowest BCUT2D eigenvalue weighted by atomic mass is 10.1. The highest BCUT2D eigenvalue weighted by molar-refractivity contribution is 6.00. The van der Waals surface area contributed by atoms with E-state index >= 15 is 0 Å². The van der Waals surface area contributed by atoms with E-state index in [9.17, 15) is 0 Å². The van der Waals surface area contributed by atoms with Crippen molar-refractivity contribution in [3.63, 3.8) is 0 Å². The summed E-state index contributed by atoms with van der Waals surface area (Å²) in [6, 6.07) is 9.93. The van der Waals surface area contributed by atoms with Gasteiger partial charge < -0.3 is 11.1 Å². The van der Waals surface area contributed by atoms with Gasteiger partial charge in [-0.05, 0) is 36.8 Å². The van der Waals surface area contributed by atoms with Gasteiger partial charge in [0.25, 0.3) is 0 Å². The van der Waals surface area contributed by atoms with Crippen LogP contribution in [0.5, 0.6) is 0 Å². The van der Waals surface area contributed by atoms with Crippen LogP contribution in [0, 0.1) is 6.92 Å².